The summed E-state index contributed by atoms with van der Waals surface area (Å²) in [6.45, 7) is 2.91. The molecule has 0 aliphatic heterocycles. The molecule has 0 radical (unpaired) electrons. The van der Waals surface area contributed by atoms with E-state index in [0.717, 1.165) is 23.2 Å². The van der Waals surface area contributed by atoms with Crippen molar-refractivity contribution in [1.29, 1.82) is 0 Å². The summed E-state index contributed by atoms with van der Waals surface area (Å²) in [7, 11) is 0. The van der Waals surface area contributed by atoms with Gasteiger partial charge in [-0.2, -0.15) is 0 Å². The fourth-order valence-electron chi connectivity index (χ4n) is 3.93. The number of hydrogen-bond acceptors (Lipinski definition) is 4. The molecule has 1 heterocycles. The van der Waals surface area contributed by atoms with Gasteiger partial charge in [0, 0.05) is 30.8 Å². The van der Waals surface area contributed by atoms with Crippen LogP contribution in [0.3, 0.4) is 0 Å². The highest BCUT2D eigenvalue weighted by Gasteiger charge is 2.10. The van der Waals surface area contributed by atoms with Crippen LogP contribution in [0.15, 0.2) is 85.1 Å². The predicted octanol–water partition coefficient (Wildman–Crippen LogP) is 5.56. The number of carboxylic acid groups (broad SMARTS) is 1. The van der Waals surface area contributed by atoms with Crippen LogP contribution < -0.4 is 10.6 Å². The van der Waals surface area contributed by atoms with Crippen LogP contribution in [0, 0.1) is 0 Å². The van der Waals surface area contributed by atoms with Crippen LogP contribution in [-0.4, -0.2) is 22.0 Å². The lowest BCUT2D eigenvalue weighted by molar-refractivity contribution is -0.138. The van der Waals surface area contributed by atoms with Gasteiger partial charge >= 0.3 is 5.97 Å². The third-order valence-corrected chi connectivity index (χ3v) is 5.76. The number of rotatable bonds is 9. The van der Waals surface area contributed by atoms with Crippen LogP contribution in [0.25, 0.3) is 21.9 Å². The number of fused-ring (bicyclic) bond motifs is 1. The summed E-state index contributed by atoms with van der Waals surface area (Å²) in [6, 6.07) is 26.9. The summed E-state index contributed by atoms with van der Waals surface area (Å²) in [5.74, 6) is -0.962. The Morgan fingerprint density at radius 2 is 1.71 bits per heavy atom. The zero-order valence-electron chi connectivity index (χ0n) is 19.0. The molecule has 6 heteroatoms. The van der Waals surface area contributed by atoms with E-state index < -0.39 is 5.97 Å². The van der Waals surface area contributed by atoms with Gasteiger partial charge in [0.1, 0.15) is 5.82 Å². The number of carbonyl (C=O) groups excluding carboxylic acids is 1. The van der Waals surface area contributed by atoms with Gasteiger partial charge in [-0.25, -0.2) is 4.98 Å². The van der Waals surface area contributed by atoms with Crippen LogP contribution in [0.5, 0.6) is 0 Å². The number of aromatic nitrogens is 1. The molecule has 1 aromatic heterocycles. The van der Waals surface area contributed by atoms with E-state index in [4.69, 9.17) is 5.11 Å². The minimum Gasteiger partial charge on any atom is -0.481 e. The van der Waals surface area contributed by atoms with E-state index in [9.17, 15) is 9.59 Å². The Balaban J connectivity index is 1.40. The minimum absolute atomic E-state index is 0.0784. The number of hydrogen-bond donors (Lipinski definition) is 3. The molecule has 0 aliphatic rings. The Kier molecular flexibility index (Phi) is 7.30. The molecule has 0 saturated heterocycles. The van der Waals surface area contributed by atoms with Crippen molar-refractivity contribution in [2.75, 3.05) is 5.32 Å². The second-order valence-electron chi connectivity index (χ2n) is 8.25. The number of carbonyl (C=O) groups is 2. The molecular formula is C28H27N3O3. The average Bonchev–Trinajstić information content (AvgIpc) is 2.86. The van der Waals surface area contributed by atoms with Crippen LogP contribution in [-0.2, 0) is 16.1 Å². The molecule has 0 saturated carbocycles. The average molecular weight is 454 g/mol. The number of nitrogens with zero attached hydrogens (tertiary/aromatic N) is 1. The number of aliphatic carboxylic acids is 1. The molecule has 1 amide bonds. The first kappa shape index (κ1) is 23.1. The lowest BCUT2D eigenvalue weighted by Gasteiger charge is -2.17. The van der Waals surface area contributed by atoms with E-state index in [1.807, 2.05) is 18.2 Å². The van der Waals surface area contributed by atoms with Crippen molar-refractivity contribution >= 4 is 28.5 Å². The Hall–Kier alpha value is -4.03. The quantitative estimate of drug-likeness (QED) is 0.309. The maximum absolute atomic E-state index is 11.8. The zero-order chi connectivity index (χ0) is 23.9. The van der Waals surface area contributed by atoms with Crippen LogP contribution >= 0.6 is 0 Å². The molecule has 0 unspecified atom stereocenters. The molecule has 0 bridgehead atoms. The standard InChI is InChI=1S/C28H27N3O3/c1-19(24-11-5-8-21-7-2-3-10-25(21)24)29-17-20-6-4-9-22(16-20)23-12-13-26(30-18-23)31-27(32)14-15-28(33)34/h2-13,16,18-19,29H,14-15,17H2,1H3,(H,33,34)(H,30,31,32)/t19-/m1/s1. The summed E-state index contributed by atoms with van der Waals surface area (Å²) in [4.78, 5) is 26.7. The van der Waals surface area contributed by atoms with Crippen molar-refractivity contribution in [3.8, 4) is 11.1 Å². The molecular weight excluding hydrogens is 426 g/mol. The Bertz CT molecular complexity index is 1300. The summed E-state index contributed by atoms with van der Waals surface area (Å²) in [5, 5.41) is 17.4. The second-order valence-corrected chi connectivity index (χ2v) is 8.25. The number of amides is 1. The molecule has 3 N–H and O–H groups in total. The van der Waals surface area contributed by atoms with Gasteiger partial charge in [0.25, 0.3) is 0 Å². The van der Waals surface area contributed by atoms with Gasteiger partial charge in [0.05, 0.1) is 6.42 Å². The molecule has 3 aromatic carbocycles. The van der Waals surface area contributed by atoms with Crippen molar-refractivity contribution in [3.05, 3.63) is 96.2 Å². The van der Waals surface area contributed by atoms with Gasteiger partial charge in [-0.3, -0.25) is 9.59 Å². The SMILES string of the molecule is C[C@@H](NCc1cccc(-c2ccc(NC(=O)CCC(=O)O)nc2)c1)c1cccc2ccccc12. The van der Waals surface area contributed by atoms with Gasteiger partial charge in [0.15, 0.2) is 0 Å². The molecule has 0 fully saturated rings. The van der Waals surface area contributed by atoms with E-state index in [0.29, 0.717) is 5.82 Å². The van der Waals surface area contributed by atoms with E-state index in [1.165, 1.54) is 16.3 Å². The van der Waals surface area contributed by atoms with Gasteiger partial charge in [-0.05, 0) is 52.6 Å². The first-order valence-electron chi connectivity index (χ1n) is 11.3. The second kappa shape index (κ2) is 10.7. The van der Waals surface area contributed by atoms with Crippen LogP contribution in [0.2, 0.25) is 0 Å². The Morgan fingerprint density at radius 3 is 2.50 bits per heavy atom. The van der Waals surface area contributed by atoms with E-state index in [2.05, 4.69) is 77.1 Å². The first-order chi connectivity index (χ1) is 16.5. The van der Waals surface area contributed by atoms with Crippen molar-refractivity contribution in [1.82, 2.24) is 10.3 Å². The maximum Gasteiger partial charge on any atom is 0.303 e. The number of carboxylic acids is 1. The third-order valence-electron chi connectivity index (χ3n) is 5.76. The zero-order valence-corrected chi connectivity index (χ0v) is 19.0. The summed E-state index contributed by atoms with van der Waals surface area (Å²) in [5.41, 5.74) is 4.41. The Labute approximate surface area is 198 Å². The number of nitrogens with one attached hydrogen (secondary N) is 2. The van der Waals surface area contributed by atoms with Gasteiger partial charge in [-0.15, -0.1) is 0 Å². The Morgan fingerprint density at radius 1 is 0.912 bits per heavy atom. The van der Waals surface area contributed by atoms with Crippen molar-refractivity contribution in [2.45, 2.75) is 32.4 Å². The highest BCUT2D eigenvalue weighted by molar-refractivity contribution is 5.91. The first-order valence-corrected chi connectivity index (χ1v) is 11.3. The van der Waals surface area contributed by atoms with Gasteiger partial charge < -0.3 is 15.7 Å². The van der Waals surface area contributed by atoms with Crippen LogP contribution in [0.4, 0.5) is 5.82 Å². The molecule has 0 aliphatic carbocycles. The lowest BCUT2D eigenvalue weighted by atomic mass is 9.99. The smallest absolute Gasteiger partial charge is 0.303 e. The number of anilines is 1. The fraction of sp³-hybridized carbons (Fsp3) is 0.179. The van der Waals surface area contributed by atoms with Crippen molar-refractivity contribution < 1.29 is 14.7 Å². The molecule has 0 spiro atoms. The van der Waals surface area contributed by atoms with Crippen LogP contribution in [0.1, 0.15) is 36.9 Å². The van der Waals surface area contributed by atoms with E-state index in [1.54, 1.807) is 12.3 Å². The molecule has 4 rings (SSSR count). The summed E-state index contributed by atoms with van der Waals surface area (Å²) in [6.07, 6.45) is 1.42. The lowest BCUT2D eigenvalue weighted by Crippen LogP contribution is -2.18. The summed E-state index contributed by atoms with van der Waals surface area (Å²) < 4.78 is 0. The molecule has 172 valence electrons. The van der Waals surface area contributed by atoms with E-state index >= 15 is 0 Å². The molecule has 34 heavy (non-hydrogen) atoms. The van der Waals surface area contributed by atoms with Crippen molar-refractivity contribution in [3.63, 3.8) is 0 Å². The van der Waals surface area contributed by atoms with Gasteiger partial charge in [0.2, 0.25) is 5.91 Å². The number of benzene rings is 3. The number of pyridine rings is 1. The molecule has 1 atom stereocenters. The molecule has 4 aromatic rings. The normalized spacial score (nSPS) is 11.8. The van der Waals surface area contributed by atoms with E-state index in [-0.39, 0.29) is 24.8 Å². The minimum atomic E-state index is -1.00. The predicted molar refractivity (Wildman–Crippen MR) is 134 cm³/mol. The maximum atomic E-state index is 11.8. The molecule has 6 nitrogen and oxygen atoms in total. The highest BCUT2D eigenvalue weighted by atomic mass is 16.4. The van der Waals surface area contributed by atoms with Crippen molar-refractivity contribution in [2.24, 2.45) is 0 Å². The van der Waals surface area contributed by atoms with Gasteiger partial charge in [-0.1, -0.05) is 60.7 Å². The fourth-order valence-corrected chi connectivity index (χ4v) is 3.93. The monoisotopic (exact) mass is 453 g/mol. The highest BCUT2D eigenvalue weighted by Crippen LogP contribution is 2.25. The third kappa shape index (κ3) is 5.85. The largest absolute Gasteiger partial charge is 0.481 e. The summed E-state index contributed by atoms with van der Waals surface area (Å²) >= 11 is 0. The topological polar surface area (TPSA) is 91.3 Å².